The highest BCUT2D eigenvalue weighted by Gasteiger charge is 2.11. The number of carbonyl (C=O) groups is 1. The largest absolute Gasteiger partial charge is 0.465 e. The number of ether oxygens (including phenoxy) is 1. The number of hydrogen-bond acceptors (Lipinski definition) is 5. The molecule has 0 aliphatic rings. The number of anilines is 1. The number of nitrogens with one attached hydrogen (secondary N) is 1. The lowest BCUT2D eigenvalue weighted by Crippen LogP contribution is -2.10. The van der Waals surface area contributed by atoms with Gasteiger partial charge < -0.3 is 15.8 Å². The number of aromatic nitrogens is 1. The molecule has 106 valence electrons. The van der Waals surface area contributed by atoms with Crippen molar-refractivity contribution in [2.45, 2.75) is 32.1 Å². The van der Waals surface area contributed by atoms with Crippen molar-refractivity contribution in [3.8, 4) is 0 Å². The van der Waals surface area contributed by atoms with E-state index in [9.17, 15) is 4.79 Å². The van der Waals surface area contributed by atoms with Crippen LogP contribution in [0.15, 0.2) is 18.3 Å². The first-order chi connectivity index (χ1) is 9.29. The van der Waals surface area contributed by atoms with Crippen molar-refractivity contribution >= 4 is 11.8 Å². The lowest BCUT2D eigenvalue weighted by molar-refractivity contribution is 0.0601. The fraction of sp³-hybridized carbons (Fsp3) is 0.571. The van der Waals surface area contributed by atoms with Crippen molar-refractivity contribution in [3.63, 3.8) is 0 Å². The lowest BCUT2D eigenvalue weighted by atomic mass is 10.1. The van der Waals surface area contributed by atoms with Gasteiger partial charge in [0.15, 0.2) is 0 Å². The predicted molar refractivity (Wildman–Crippen MR) is 76.2 cm³/mol. The summed E-state index contributed by atoms with van der Waals surface area (Å²) in [4.78, 5) is 15.7. The lowest BCUT2D eigenvalue weighted by Gasteiger charge is -2.09. The van der Waals surface area contributed by atoms with E-state index < -0.39 is 0 Å². The van der Waals surface area contributed by atoms with E-state index in [0.29, 0.717) is 11.4 Å². The molecule has 1 aromatic rings. The Morgan fingerprint density at radius 2 is 2.05 bits per heavy atom. The van der Waals surface area contributed by atoms with Crippen molar-refractivity contribution in [1.82, 2.24) is 4.98 Å². The second kappa shape index (κ2) is 9.33. The highest BCUT2D eigenvalue weighted by Crippen LogP contribution is 2.13. The van der Waals surface area contributed by atoms with Crippen LogP contribution in [0.1, 0.15) is 42.5 Å². The number of esters is 1. The van der Waals surface area contributed by atoms with Crippen molar-refractivity contribution < 1.29 is 9.53 Å². The molecular formula is C14H23N3O2. The summed E-state index contributed by atoms with van der Waals surface area (Å²) in [5.74, 6) is 0.231. The van der Waals surface area contributed by atoms with Gasteiger partial charge in [-0.15, -0.1) is 0 Å². The number of nitrogens with two attached hydrogens (primary N) is 1. The molecule has 0 radical (unpaired) electrons. The Morgan fingerprint density at radius 3 is 2.79 bits per heavy atom. The Morgan fingerprint density at radius 1 is 1.32 bits per heavy atom. The molecule has 0 amide bonds. The summed E-state index contributed by atoms with van der Waals surface area (Å²) < 4.78 is 4.72. The van der Waals surface area contributed by atoms with Crippen LogP contribution in [0.2, 0.25) is 0 Å². The van der Waals surface area contributed by atoms with Crippen LogP contribution in [0.5, 0.6) is 0 Å². The number of methoxy groups -OCH3 is 1. The number of pyridine rings is 1. The summed E-state index contributed by atoms with van der Waals surface area (Å²) in [7, 11) is 1.37. The van der Waals surface area contributed by atoms with E-state index in [2.05, 4.69) is 10.3 Å². The summed E-state index contributed by atoms with van der Waals surface area (Å²) in [6.07, 6.45) is 7.36. The first kappa shape index (κ1) is 15.4. The molecule has 0 aliphatic carbocycles. The second-order valence-corrected chi connectivity index (χ2v) is 4.37. The topological polar surface area (TPSA) is 77.2 Å². The smallest absolute Gasteiger partial charge is 0.341 e. The molecule has 0 aromatic carbocycles. The highest BCUT2D eigenvalue weighted by molar-refractivity contribution is 5.94. The van der Waals surface area contributed by atoms with Gasteiger partial charge in [0, 0.05) is 12.7 Å². The molecule has 5 heteroatoms. The fourth-order valence-corrected chi connectivity index (χ4v) is 1.83. The fourth-order valence-electron chi connectivity index (χ4n) is 1.83. The van der Waals surface area contributed by atoms with Crippen LogP contribution in [-0.2, 0) is 4.74 Å². The molecule has 0 aliphatic heterocycles. The van der Waals surface area contributed by atoms with Gasteiger partial charge in [-0.1, -0.05) is 19.3 Å². The van der Waals surface area contributed by atoms with Gasteiger partial charge >= 0.3 is 5.97 Å². The maximum absolute atomic E-state index is 11.5. The third-order valence-electron chi connectivity index (χ3n) is 2.89. The Kier molecular flexibility index (Phi) is 7.58. The molecule has 1 rings (SSSR count). The van der Waals surface area contributed by atoms with Crippen LogP contribution >= 0.6 is 0 Å². The van der Waals surface area contributed by atoms with Gasteiger partial charge in [-0.25, -0.2) is 9.78 Å². The van der Waals surface area contributed by atoms with Crippen LogP contribution < -0.4 is 11.1 Å². The molecular weight excluding hydrogens is 242 g/mol. The van der Waals surface area contributed by atoms with Crippen LogP contribution in [0.25, 0.3) is 0 Å². The number of nitrogens with zero attached hydrogens (tertiary/aromatic N) is 1. The Hall–Kier alpha value is -1.62. The van der Waals surface area contributed by atoms with Crippen LogP contribution in [0, 0.1) is 0 Å². The Bertz CT molecular complexity index is 383. The number of unbranched alkanes of at least 4 members (excludes halogenated alkanes) is 4. The first-order valence-corrected chi connectivity index (χ1v) is 6.77. The van der Waals surface area contributed by atoms with Gasteiger partial charge in [-0.3, -0.25) is 0 Å². The summed E-state index contributed by atoms with van der Waals surface area (Å²) in [5, 5.41) is 3.18. The SMILES string of the molecule is COC(=O)c1cccnc1NCCCCCCCN. The molecule has 0 bridgehead atoms. The molecule has 0 spiro atoms. The van der Waals surface area contributed by atoms with Crippen molar-refractivity contribution in [2.24, 2.45) is 5.73 Å². The molecule has 19 heavy (non-hydrogen) atoms. The zero-order valence-corrected chi connectivity index (χ0v) is 11.5. The van der Waals surface area contributed by atoms with Crippen molar-refractivity contribution in [2.75, 3.05) is 25.5 Å². The van der Waals surface area contributed by atoms with Gasteiger partial charge in [-0.05, 0) is 31.5 Å². The van der Waals surface area contributed by atoms with E-state index in [-0.39, 0.29) is 5.97 Å². The van der Waals surface area contributed by atoms with E-state index in [4.69, 9.17) is 10.5 Å². The van der Waals surface area contributed by atoms with E-state index in [1.54, 1.807) is 18.3 Å². The van der Waals surface area contributed by atoms with Crippen LogP contribution in [0.4, 0.5) is 5.82 Å². The maximum Gasteiger partial charge on any atom is 0.341 e. The standard InChI is InChI=1S/C14H23N3O2/c1-19-14(18)12-8-7-11-17-13(12)16-10-6-4-2-3-5-9-15/h7-8,11H,2-6,9-10,15H2,1H3,(H,16,17). The minimum Gasteiger partial charge on any atom is -0.465 e. The third kappa shape index (κ3) is 5.70. The van der Waals surface area contributed by atoms with Crippen molar-refractivity contribution in [1.29, 1.82) is 0 Å². The average Bonchev–Trinajstić information content (AvgIpc) is 2.46. The second-order valence-electron chi connectivity index (χ2n) is 4.37. The van der Waals surface area contributed by atoms with Gasteiger partial charge in [0.05, 0.1) is 7.11 Å². The minimum absolute atomic E-state index is 0.362. The molecule has 1 aromatic heterocycles. The van der Waals surface area contributed by atoms with E-state index in [1.807, 2.05) is 0 Å². The molecule has 0 unspecified atom stereocenters. The zero-order chi connectivity index (χ0) is 13.9. The van der Waals surface area contributed by atoms with Gasteiger partial charge in [0.25, 0.3) is 0 Å². The predicted octanol–water partition coefficient (Wildman–Crippen LogP) is 2.19. The van der Waals surface area contributed by atoms with E-state index in [1.165, 1.54) is 20.0 Å². The summed E-state index contributed by atoms with van der Waals surface area (Å²) >= 11 is 0. The summed E-state index contributed by atoms with van der Waals surface area (Å²) in [5.41, 5.74) is 5.92. The van der Waals surface area contributed by atoms with E-state index in [0.717, 1.165) is 32.4 Å². The molecule has 3 N–H and O–H groups in total. The minimum atomic E-state index is -0.362. The van der Waals surface area contributed by atoms with Crippen LogP contribution in [0.3, 0.4) is 0 Å². The Balaban J connectivity index is 2.31. The van der Waals surface area contributed by atoms with Gasteiger partial charge in [0.1, 0.15) is 11.4 Å². The molecule has 0 atom stereocenters. The van der Waals surface area contributed by atoms with Crippen LogP contribution in [-0.4, -0.2) is 31.2 Å². The first-order valence-electron chi connectivity index (χ1n) is 6.77. The number of carbonyl (C=O) groups excluding carboxylic acids is 1. The van der Waals surface area contributed by atoms with E-state index >= 15 is 0 Å². The van der Waals surface area contributed by atoms with Gasteiger partial charge in [0.2, 0.25) is 0 Å². The quantitative estimate of drug-likeness (QED) is 0.528. The third-order valence-corrected chi connectivity index (χ3v) is 2.89. The van der Waals surface area contributed by atoms with Crippen molar-refractivity contribution in [3.05, 3.63) is 23.9 Å². The molecule has 0 saturated heterocycles. The van der Waals surface area contributed by atoms with Gasteiger partial charge in [-0.2, -0.15) is 0 Å². The molecule has 1 heterocycles. The normalized spacial score (nSPS) is 10.2. The highest BCUT2D eigenvalue weighted by atomic mass is 16.5. The number of hydrogen-bond donors (Lipinski definition) is 2. The maximum atomic E-state index is 11.5. The molecule has 5 nitrogen and oxygen atoms in total. The Labute approximate surface area is 114 Å². The monoisotopic (exact) mass is 265 g/mol. The summed E-state index contributed by atoms with van der Waals surface area (Å²) in [6.45, 7) is 1.58. The molecule has 0 saturated carbocycles. The molecule has 0 fully saturated rings. The summed E-state index contributed by atoms with van der Waals surface area (Å²) in [6, 6.07) is 3.44. The average molecular weight is 265 g/mol. The number of rotatable bonds is 9. The zero-order valence-electron chi connectivity index (χ0n) is 11.5.